The molecule has 0 saturated carbocycles. The van der Waals surface area contributed by atoms with E-state index in [1.165, 1.54) is 0 Å². The molecule has 0 N–H and O–H groups in total. The van der Waals surface area contributed by atoms with Gasteiger partial charge in [0.1, 0.15) is 0 Å². The molecule has 0 aliphatic heterocycles. The summed E-state index contributed by atoms with van der Waals surface area (Å²) in [6.45, 7) is 0.558. The number of pyridine rings is 1. The lowest BCUT2D eigenvalue weighted by Gasteiger charge is -2.17. The monoisotopic (exact) mass is 304 g/mol. The molecular formula is C14H13BrN2O. The fourth-order valence-corrected chi connectivity index (χ4v) is 1.91. The number of hydrogen-bond donors (Lipinski definition) is 0. The zero-order valence-electron chi connectivity index (χ0n) is 10.0. The molecule has 0 radical (unpaired) electrons. The molecule has 0 bridgehead atoms. The second-order valence-corrected chi connectivity index (χ2v) is 4.95. The summed E-state index contributed by atoms with van der Waals surface area (Å²) >= 11 is 3.35. The molecule has 0 aliphatic rings. The zero-order valence-corrected chi connectivity index (χ0v) is 11.6. The Bertz CT molecular complexity index is 525. The molecule has 0 aliphatic carbocycles. The van der Waals surface area contributed by atoms with Gasteiger partial charge in [0.25, 0.3) is 5.91 Å². The minimum absolute atomic E-state index is 0.00588. The SMILES string of the molecule is CN(Cc1cccnc1)C(=O)c1ccc(Br)cc1. The van der Waals surface area contributed by atoms with E-state index >= 15 is 0 Å². The summed E-state index contributed by atoms with van der Waals surface area (Å²) in [4.78, 5) is 17.9. The van der Waals surface area contributed by atoms with Crippen LogP contribution in [0.15, 0.2) is 53.3 Å². The molecule has 0 unspecified atom stereocenters. The zero-order chi connectivity index (χ0) is 13.0. The number of rotatable bonds is 3. The molecule has 18 heavy (non-hydrogen) atoms. The maximum Gasteiger partial charge on any atom is 0.253 e. The Balaban J connectivity index is 2.07. The summed E-state index contributed by atoms with van der Waals surface area (Å²) in [5, 5.41) is 0. The molecule has 2 aromatic rings. The van der Waals surface area contributed by atoms with Gasteiger partial charge in [-0.15, -0.1) is 0 Å². The van der Waals surface area contributed by atoms with E-state index in [1.54, 1.807) is 24.3 Å². The highest BCUT2D eigenvalue weighted by Gasteiger charge is 2.11. The number of carbonyl (C=O) groups is 1. The Kier molecular flexibility index (Phi) is 4.10. The molecular weight excluding hydrogens is 292 g/mol. The minimum atomic E-state index is 0.00588. The first-order valence-corrected chi connectivity index (χ1v) is 6.36. The van der Waals surface area contributed by atoms with Gasteiger partial charge in [0.15, 0.2) is 0 Å². The van der Waals surface area contributed by atoms with Gasteiger partial charge in [-0.25, -0.2) is 0 Å². The standard InChI is InChI=1S/C14H13BrN2O/c1-17(10-11-3-2-8-16-9-11)14(18)12-4-6-13(15)7-5-12/h2-9H,10H2,1H3. The number of benzene rings is 1. The van der Waals surface area contributed by atoms with Crippen LogP contribution in [0.2, 0.25) is 0 Å². The maximum atomic E-state index is 12.2. The predicted octanol–water partition coefficient (Wildman–Crippen LogP) is 3.12. The average Bonchev–Trinajstić information content (AvgIpc) is 2.40. The first-order chi connectivity index (χ1) is 8.66. The van der Waals surface area contributed by atoms with Crippen molar-refractivity contribution < 1.29 is 4.79 Å². The van der Waals surface area contributed by atoms with Gasteiger partial charge in [0, 0.05) is 36.0 Å². The van der Waals surface area contributed by atoms with Gasteiger partial charge < -0.3 is 4.90 Å². The molecule has 4 heteroatoms. The second kappa shape index (κ2) is 5.78. The predicted molar refractivity (Wildman–Crippen MR) is 74.2 cm³/mol. The van der Waals surface area contributed by atoms with Crippen molar-refractivity contribution in [3.63, 3.8) is 0 Å². The van der Waals surface area contributed by atoms with Crippen LogP contribution in [0.4, 0.5) is 0 Å². The Morgan fingerprint density at radius 2 is 2.00 bits per heavy atom. The van der Waals surface area contributed by atoms with Crippen LogP contribution >= 0.6 is 15.9 Å². The van der Waals surface area contributed by atoms with Crippen LogP contribution in [0, 0.1) is 0 Å². The fraction of sp³-hybridized carbons (Fsp3) is 0.143. The summed E-state index contributed by atoms with van der Waals surface area (Å²) < 4.78 is 0.967. The van der Waals surface area contributed by atoms with Crippen molar-refractivity contribution in [2.24, 2.45) is 0 Å². The van der Waals surface area contributed by atoms with Crippen LogP contribution < -0.4 is 0 Å². The largest absolute Gasteiger partial charge is 0.337 e. The lowest BCUT2D eigenvalue weighted by molar-refractivity contribution is 0.0785. The van der Waals surface area contributed by atoms with E-state index < -0.39 is 0 Å². The summed E-state index contributed by atoms with van der Waals surface area (Å²) in [5.41, 5.74) is 1.70. The molecule has 1 aromatic heterocycles. The highest BCUT2D eigenvalue weighted by molar-refractivity contribution is 9.10. The topological polar surface area (TPSA) is 33.2 Å². The van der Waals surface area contributed by atoms with Gasteiger partial charge in [-0.2, -0.15) is 0 Å². The molecule has 0 saturated heterocycles. The summed E-state index contributed by atoms with van der Waals surface area (Å²) in [5.74, 6) is 0.00588. The van der Waals surface area contributed by atoms with Gasteiger partial charge in [0.2, 0.25) is 0 Å². The van der Waals surface area contributed by atoms with E-state index in [9.17, 15) is 4.79 Å². The first kappa shape index (κ1) is 12.8. The molecule has 1 heterocycles. The summed E-state index contributed by atoms with van der Waals surface area (Å²) in [6, 6.07) is 11.2. The van der Waals surface area contributed by atoms with Crippen molar-refractivity contribution in [2.45, 2.75) is 6.54 Å². The third-order valence-corrected chi connectivity index (χ3v) is 3.11. The molecule has 2 rings (SSSR count). The van der Waals surface area contributed by atoms with Crippen molar-refractivity contribution in [3.8, 4) is 0 Å². The van der Waals surface area contributed by atoms with Gasteiger partial charge >= 0.3 is 0 Å². The molecule has 0 fully saturated rings. The summed E-state index contributed by atoms with van der Waals surface area (Å²) in [6.07, 6.45) is 3.49. The lowest BCUT2D eigenvalue weighted by Crippen LogP contribution is -2.26. The maximum absolute atomic E-state index is 12.2. The normalized spacial score (nSPS) is 10.1. The molecule has 1 aromatic carbocycles. The van der Waals surface area contributed by atoms with Crippen LogP contribution in [-0.4, -0.2) is 22.8 Å². The second-order valence-electron chi connectivity index (χ2n) is 4.03. The number of hydrogen-bond acceptors (Lipinski definition) is 2. The Hall–Kier alpha value is -1.68. The van der Waals surface area contributed by atoms with Crippen molar-refractivity contribution in [1.82, 2.24) is 9.88 Å². The smallest absolute Gasteiger partial charge is 0.253 e. The van der Waals surface area contributed by atoms with Gasteiger partial charge in [-0.3, -0.25) is 9.78 Å². The van der Waals surface area contributed by atoms with Crippen LogP contribution in [0.5, 0.6) is 0 Å². The van der Waals surface area contributed by atoms with Crippen LogP contribution in [0.25, 0.3) is 0 Å². The van der Waals surface area contributed by atoms with E-state index in [0.717, 1.165) is 10.0 Å². The van der Waals surface area contributed by atoms with E-state index in [2.05, 4.69) is 20.9 Å². The first-order valence-electron chi connectivity index (χ1n) is 5.57. The van der Waals surface area contributed by atoms with Crippen molar-refractivity contribution in [1.29, 1.82) is 0 Å². The quantitative estimate of drug-likeness (QED) is 0.873. The number of nitrogens with zero attached hydrogens (tertiary/aromatic N) is 2. The van der Waals surface area contributed by atoms with Gasteiger partial charge in [-0.1, -0.05) is 22.0 Å². The van der Waals surface area contributed by atoms with E-state index in [1.807, 2.05) is 36.4 Å². The van der Waals surface area contributed by atoms with E-state index in [4.69, 9.17) is 0 Å². The number of amides is 1. The molecule has 1 amide bonds. The fourth-order valence-electron chi connectivity index (χ4n) is 1.65. The van der Waals surface area contributed by atoms with E-state index in [0.29, 0.717) is 12.1 Å². The molecule has 92 valence electrons. The van der Waals surface area contributed by atoms with E-state index in [-0.39, 0.29) is 5.91 Å². The highest BCUT2D eigenvalue weighted by Crippen LogP contribution is 2.13. The van der Waals surface area contributed by atoms with Crippen LogP contribution in [0.1, 0.15) is 15.9 Å². The van der Waals surface area contributed by atoms with Gasteiger partial charge in [0.05, 0.1) is 0 Å². The Morgan fingerprint density at radius 1 is 1.28 bits per heavy atom. The number of aromatic nitrogens is 1. The average molecular weight is 305 g/mol. The van der Waals surface area contributed by atoms with Crippen molar-refractivity contribution >= 4 is 21.8 Å². The number of carbonyl (C=O) groups excluding carboxylic acids is 1. The molecule has 3 nitrogen and oxygen atoms in total. The molecule has 0 spiro atoms. The van der Waals surface area contributed by atoms with Crippen molar-refractivity contribution in [3.05, 3.63) is 64.4 Å². The summed E-state index contributed by atoms with van der Waals surface area (Å²) in [7, 11) is 1.79. The lowest BCUT2D eigenvalue weighted by atomic mass is 10.2. The van der Waals surface area contributed by atoms with Crippen LogP contribution in [-0.2, 0) is 6.54 Å². The minimum Gasteiger partial charge on any atom is -0.337 e. The van der Waals surface area contributed by atoms with Crippen LogP contribution in [0.3, 0.4) is 0 Å². The van der Waals surface area contributed by atoms with Crippen molar-refractivity contribution in [2.75, 3.05) is 7.05 Å². The third kappa shape index (κ3) is 3.17. The third-order valence-electron chi connectivity index (χ3n) is 2.58. The Morgan fingerprint density at radius 3 is 2.61 bits per heavy atom. The Labute approximate surface area is 115 Å². The molecule has 0 atom stereocenters. The number of halogens is 1. The van der Waals surface area contributed by atoms with Gasteiger partial charge in [-0.05, 0) is 35.9 Å². The highest BCUT2D eigenvalue weighted by atomic mass is 79.9.